The molecule has 0 unspecified atom stereocenters. The maximum atomic E-state index is 12.5. The minimum atomic E-state index is -0.0839. The maximum Gasteiger partial charge on any atom is 0.253 e. The predicted octanol–water partition coefficient (Wildman–Crippen LogP) is 3.67. The number of thiophene rings is 1. The molecule has 7 nitrogen and oxygen atoms in total. The molecule has 0 radical (unpaired) electrons. The van der Waals surface area contributed by atoms with E-state index in [0.717, 1.165) is 36.4 Å². The zero-order valence-electron chi connectivity index (χ0n) is 16.7. The van der Waals surface area contributed by atoms with Gasteiger partial charge in [-0.2, -0.15) is 4.98 Å². The molecular weight excluding hydrogens is 400 g/mol. The van der Waals surface area contributed by atoms with Crippen LogP contribution in [0.3, 0.4) is 0 Å². The van der Waals surface area contributed by atoms with E-state index in [1.165, 1.54) is 6.42 Å². The molecule has 1 saturated heterocycles. The second kappa shape index (κ2) is 9.67. The van der Waals surface area contributed by atoms with Crippen LogP contribution in [0.2, 0.25) is 0 Å². The van der Waals surface area contributed by atoms with Crippen LogP contribution < -0.4 is 5.32 Å². The Kier molecular flexibility index (Phi) is 6.53. The molecule has 2 amide bonds. The van der Waals surface area contributed by atoms with Crippen LogP contribution in [-0.2, 0) is 17.8 Å². The molecule has 1 aliphatic rings. The molecule has 1 aromatic carbocycles. The van der Waals surface area contributed by atoms with E-state index in [2.05, 4.69) is 15.5 Å². The van der Waals surface area contributed by atoms with Crippen LogP contribution in [0.4, 0.5) is 0 Å². The normalized spacial score (nSPS) is 13.9. The minimum absolute atomic E-state index is 0.0839. The van der Waals surface area contributed by atoms with Crippen molar-refractivity contribution in [1.29, 1.82) is 0 Å². The molecule has 2 aromatic heterocycles. The minimum Gasteiger partial charge on any atom is -0.352 e. The molecule has 4 rings (SSSR count). The number of carbonyl (C=O) groups is 2. The Morgan fingerprint density at radius 1 is 1.10 bits per heavy atom. The molecule has 1 aliphatic heterocycles. The first-order valence-electron chi connectivity index (χ1n) is 10.2. The number of likely N-dealkylation sites (tertiary alicyclic amines) is 1. The summed E-state index contributed by atoms with van der Waals surface area (Å²) in [6, 6.07) is 11.3. The van der Waals surface area contributed by atoms with Gasteiger partial charge in [0.2, 0.25) is 17.6 Å². The number of rotatable bonds is 7. The quantitative estimate of drug-likeness (QED) is 0.625. The Morgan fingerprint density at radius 3 is 2.63 bits per heavy atom. The summed E-state index contributed by atoms with van der Waals surface area (Å²) in [6.45, 7) is 2.10. The van der Waals surface area contributed by atoms with Crippen LogP contribution in [0.5, 0.6) is 0 Å². The average Bonchev–Trinajstić information content (AvgIpc) is 3.49. The summed E-state index contributed by atoms with van der Waals surface area (Å²) in [5.74, 6) is 1.01. The van der Waals surface area contributed by atoms with Gasteiger partial charge in [-0.05, 0) is 48.4 Å². The Morgan fingerprint density at radius 2 is 1.90 bits per heavy atom. The van der Waals surface area contributed by atoms with Crippen LogP contribution >= 0.6 is 11.3 Å². The summed E-state index contributed by atoms with van der Waals surface area (Å²) in [5.41, 5.74) is 1.65. The fourth-order valence-electron chi connectivity index (χ4n) is 3.42. The van der Waals surface area contributed by atoms with E-state index in [1.807, 2.05) is 46.7 Å². The number of benzene rings is 1. The van der Waals surface area contributed by atoms with E-state index in [1.54, 1.807) is 11.3 Å². The molecule has 3 heterocycles. The fraction of sp³-hybridized carbons (Fsp3) is 0.364. The molecule has 3 aromatic rings. The zero-order valence-corrected chi connectivity index (χ0v) is 17.5. The first-order valence-corrected chi connectivity index (χ1v) is 11.1. The number of hydrogen-bond donors (Lipinski definition) is 1. The summed E-state index contributed by atoms with van der Waals surface area (Å²) >= 11 is 1.54. The highest BCUT2D eigenvalue weighted by atomic mass is 32.1. The molecule has 156 valence electrons. The van der Waals surface area contributed by atoms with Gasteiger partial charge in [-0.1, -0.05) is 23.4 Å². The van der Waals surface area contributed by atoms with Gasteiger partial charge in [0.25, 0.3) is 5.91 Å². The number of carbonyl (C=O) groups excluding carboxylic acids is 2. The van der Waals surface area contributed by atoms with Gasteiger partial charge in [0.1, 0.15) is 0 Å². The molecule has 30 heavy (non-hydrogen) atoms. The monoisotopic (exact) mass is 424 g/mol. The molecule has 1 fully saturated rings. The number of aromatic nitrogens is 2. The second-order valence-electron chi connectivity index (χ2n) is 7.32. The molecule has 0 atom stereocenters. The average molecular weight is 425 g/mol. The summed E-state index contributed by atoms with van der Waals surface area (Å²) in [6.07, 6.45) is 4.03. The summed E-state index contributed by atoms with van der Waals surface area (Å²) in [4.78, 5) is 31.8. The van der Waals surface area contributed by atoms with Gasteiger partial charge in [0, 0.05) is 38.0 Å². The molecular formula is C22H24N4O3S. The Bertz CT molecular complexity index is 976. The van der Waals surface area contributed by atoms with Crippen LogP contribution in [0.15, 0.2) is 46.3 Å². The number of hydrogen-bond acceptors (Lipinski definition) is 6. The SMILES string of the molecule is O=C(CCc1nc(-c2cccs2)no1)NCc1ccc(C(=O)N2CCCCC2)cc1. The van der Waals surface area contributed by atoms with Crippen LogP contribution in [0, 0.1) is 0 Å². The molecule has 0 aliphatic carbocycles. The van der Waals surface area contributed by atoms with Crippen molar-refractivity contribution in [2.45, 2.75) is 38.6 Å². The van der Waals surface area contributed by atoms with Gasteiger partial charge in [0.05, 0.1) is 4.88 Å². The standard InChI is InChI=1S/C22H24N4O3S/c27-19(10-11-20-24-21(25-29-20)18-5-4-14-30-18)23-15-16-6-8-17(9-7-16)22(28)26-12-2-1-3-13-26/h4-9,14H,1-3,10-13,15H2,(H,23,27). The van der Waals surface area contributed by atoms with E-state index in [0.29, 0.717) is 30.2 Å². The molecule has 8 heteroatoms. The Balaban J connectivity index is 1.22. The lowest BCUT2D eigenvalue weighted by molar-refractivity contribution is -0.121. The Hall–Kier alpha value is -3.00. The van der Waals surface area contributed by atoms with Gasteiger partial charge in [-0.15, -0.1) is 11.3 Å². The lowest BCUT2D eigenvalue weighted by atomic mass is 10.1. The van der Waals surface area contributed by atoms with E-state index in [4.69, 9.17) is 4.52 Å². The van der Waals surface area contributed by atoms with Crippen molar-refractivity contribution in [2.24, 2.45) is 0 Å². The van der Waals surface area contributed by atoms with Gasteiger partial charge in [0.15, 0.2) is 0 Å². The van der Waals surface area contributed by atoms with Gasteiger partial charge < -0.3 is 14.7 Å². The van der Waals surface area contributed by atoms with Crippen molar-refractivity contribution >= 4 is 23.2 Å². The molecule has 0 spiro atoms. The number of piperidine rings is 1. The largest absolute Gasteiger partial charge is 0.352 e. The number of amides is 2. The van der Waals surface area contributed by atoms with Crippen molar-refractivity contribution in [3.05, 3.63) is 58.8 Å². The fourth-order valence-corrected chi connectivity index (χ4v) is 4.07. The number of nitrogens with one attached hydrogen (secondary N) is 1. The summed E-state index contributed by atoms with van der Waals surface area (Å²) < 4.78 is 5.22. The van der Waals surface area contributed by atoms with E-state index >= 15 is 0 Å². The lowest BCUT2D eigenvalue weighted by Gasteiger charge is -2.26. The predicted molar refractivity (Wildman–Crippen MR) is 114 cm³/mol. The third-order valence-electron chi connectivity index (χ3n) is 5.11. The van der Waals surface area contributed by atoms with E-state index in [-0.39, 0.29) is 18.2 Å². The first kappa shape index (κ1) is 20.3. The van der Waals surface area contributed by atoms with Crippen LogP contribution in [0.1, 0.15) is 47.5 Å². The highest BCUT2D eigenvalue weighted by molar-refractivity contribution is 7.13. The summed E-state index contributed by atoms with van der Waals surface area (Å²) in [7, 11) is 0. The zero-order chi connectivity index (χ0) is 20.8. The topological polar surface area (TPSA) is 88.3 Å². The van der Waals surface area contributed by atoms with Crippen molar-refractivity contribution in [3.63, 3.8) is 0 Å². The van der Waals surface area contributed by atoms with Crippen LogP contribution in [0.25, 0.3) is 10.7 Å². The number of nitrogens with zero attached hydrogens (tertiary/aromatic N) is 3. The van der Waals surface area contributed by atoms with Gasteiger partial charge in [-0.25, -0.2) is 0 Å². The molecule has 0 saturated carbocycles. The molecule has 0 bridgehead atoms. The third-order valence-corrected chi connectivity index (χ3v) is 5.98. The Labute approximate surface area is 179 Å². The number of aryl methyl sites for hydroxylation is 1. The highest BCUT2D eigenvalue weighted by Gasteiger charge is 2.18. The summed E-state index contributed by atoms with van der Waals surface area (Å²) in [5, 5.41) is 8.79. The van der Waals surface area contributed by atoms with Crippen molar-refractivity contribution in [1.82, 2.24) is 20.4 Å². The first-order chi connectivity index (χ1) is 14.7. The third kappa shape index (κ3) is 5.13. The van der Waals surface area contributed by atoms with E-state index in [9.17, 15) is 9.59 Å². The molecule has 1 N–H and O–H groups in total. The smallest absolute Gasteiger partial charge is 0.253 e. The lowest BCUT2D eigenvalue weighted by Crippen LogP contribution is -2.35. The maximum absolute atomic E-state index is 12.5. The van der Waals surface area contributed by atoms with E-state index < -0.39 is 0 Å². The van der Waals surface area contributed by atoms with Crippen LogP contribution in [-0.4, -0.2) is 39.9 Å². The van der Waals surface area contributed by atoms with Crippen molar-refractivity contribution < 1.29 is 14.1 Å². The van der Waals surface area contributed by atoms with Crippen molar-refractivity contribution in [3.8, 4) is 10.7 Å². The van der Waals surface area contributed by atoms with Gasteiger partial charge >= 0.3 is 0 Å². The second-order valence-corrected chi connectivity index (χ2v) is 8.26. The van der Waals surface area contributed by atoms with Crippen molar-refractivity contribution in [2.75, 3.05) is 13.1 Å². The van der Waals surface area contributed by atoms with Gasteiger partial charge in [-0.3, -0.25) is 9.59 Å². The highest BCUT2D eigenvalue weighted by Crippen LogP contribution is 2.21.